The first-order valence-corrected chi connectivity index (χ1v) is 8.43. The summed E-state index contributed by atoms with van der Waals surface area (Å²) in [5.41, 5.74) is 0.594. The first-order valence-electron chi connectivity index (χ1n) is 8.05. The number of hydrogen-bond acceptors (Lipinski definition) is 1. The van der Waals surface area contributed by atoms with Gasteiger partial charge in [-0.1, -0.05) is 51.8 Å². The van der Waals surface area contributed by atoms with Crippen molar-refractivity contribution in [1.29, 1.82) is 0 Å². The fraction of sp³-hybridized carbons (Fsp3) is 0.667. The van der Waals surface area contributed by atoms with Crippen LogP contribution in [0, 0.1) is 17.7 Å². The first kappa shape index (κ1) is 16.8. The van der Waals surface area contributed by atoms with Gasteiger partial charge in [-0.05, 0) is 54.3 Å². The zero-order valence-electron chi connectivity index (χ0n) is 13.5. The van der Waals surface area contributed by atoms with E-state index >= 15 is 0 Å². The third kappa shape index (κ3) is 3.60. The molecule has 0 amide bonds. The quantitative estimate of drug-likeness (QED) is 0.808. The van der Waals surface area contributed by atoms with Crippen LogP contribution in [0.2, 0.25) is 5.02 Å². The fourth-order valence-electron chi connectivity index (χ4n) is 3.94. The standard InChI is InChI=1S/C18H27ClFN/c1-5-21-17-10-12(2)6-8-15(17)18(3,4)14-9-7-13(19)11-16(14)20/h7,9,11-12,15,17,21H,5-6,8,10H2,1-4H3. The van der Waals surface area contributed by atoms with Crippen molar-refractivity contribution in [3.05, 3.63) is 34.6 Å². The smallest absolute Gasteiger partial charge is 0.128 e. The molecule has 3 atom stereocenters. The van der Waals surface area contributed by atoms with E-state index < -0.39 is 0 Å². The van der Waals surface area contributed by atoms with Crippen molar-refractivity contribution < 1.29 is 4.39 Å². The molecule has 1 nitrogen and oxygen atoms in total. The lowest BCUT2D eigenvalue weighted by atomic mass is 9.63. The summed E-state index contributed by atoms with van der Waals surface area (Å²) in [4.78, 5) is 0. The Morgan fingerprint density at radius 3 is 2.67 bits per heavy atom. The summed E-state index contributed by atoms with van der Waals surface area (Å²) in [6, 6.07) is 5.56. The highest BCUT2D eigenvalue weighted by molar-refractivity contribution is 6.30. The summed E-state index contributed by atoms with van der Waals surface area (Å²) in [7, 11) is 0. The van der Waals surface area contributed by atoms with Gasteiger partial charge in [0.25, 0.3) is 0 Å². The Hall–Kier alpha value is -0.600. The van der Waals surface area contributed by atoms with Gasteiger partial charge in [-0.15, -0.1) is 0 Å². The van der Waals surface area contributed by atoms with Crippen LogP contribution >= 0.6 is 11.6 Å². The van der Waals surface area contributed by atoms with Gasteiger partial charge < -0.3 is 5.32 Å². The molecule has 1 aromatic carbocycles. The Morgan fingerprint density at radius 2 is 2.05 bits per heavy atom. The summed E-state index contributed by atoms with van der Waals surface area (Å²) in [6.45, 7) is 9.77. The Morgan fingerprint density at radius 1 is 1.33 bits per heavy atom. The van der Waals surface area contributed by atoms with Crippen LogP contribution in [0.1, 0.15) is 52.5 Å². The van der Waals surface area contributed by atoms with Crippen molar-refractivity contribution in [2.24, 2.45) is 11.8 Å². The molecule has 0 heterocycles. The van der Waals surface area contributed by atoms with Crippen molar-refractivity contribution in [3.63, 3.8) is 0 Å². The van der Waals surface area contributed by atoms with Crippen LogP contribution in [-0.2, 0) is 5.41 Å². The predicted octanol–water partition coefficient (Wildman–Crippen LogP) is 5.17. The molecule has 3 heteroatoms. The van der Waals surface area contributed by atoms with Crippen LogP contribution in [0.5, 0.6) is 0 Å². The number of benzene rings is 1. The molecule has 0 aromatic heterocycles. The van der Waals surface area contributed by atoms with E-state index in [4.69, 9.17) is 11.6 Å². The maximum absolute atomic E-state index is 14.4. The van der Waals surface area contributed by atoms with Crippen molar-refractivity contribution >= 4 is 11.6 Å². The molecule has 118 valence electrons. The molecule has 2 rings (SSSR count). The minimum absolute atomic E-state index is 0.179. The summed E-state index contributed by atoms with van der Waals surface area (Å²) in [6.07, 6.45) is 3.55. The molecule has 1 saturated carbocycles. The molecule has 0 aliphatic heterocycles. The zero-order valence-corrected chi connectivity index (χ0v) is 14.3. The monoisotopic (exact) mass is 311 g/mol. The number of halogens is 2. The van der Waals surface area contributed by atoms with Crippen molar-refractivity contribution in [2.45, 2.75) is 58.4 Å². The maximum atomic E-state index is 14.4. The average Bonchev–Trinajstić information content (AvgIpc) is 2.38. The average molecular weight is 312 g/mol. The second-order valence-corrected chi connectivity index (χ2v) is 7.47. The summed E-state index contributed by atoms with van der Waals surface area (Å²) < 4.78 is 14.4. The number of nitrogens with one attached hydrogen (secondary N) is 1. The van der Waals surface area contributed by atoms with E-state index in [2.05, 4.69) is 33.0 Å². The Labute approximate surface area is 133 Å². The number of hydrogen-bond donors (Lipinski definition) is 1. The minimum atomic E-state index is -0.193. The highest BCUT2D eigenvalue weighted by Crippen LogP contribution is 2.43. The summed E-state index contributed by atoms with van der Waals surface area (Å²) >= 11 is 5.90. The van der Waals surface area contributed by atoms with Crippen LogP contribution < -0.4 is 5.32 Å². The van der Waals surface area contributed by atoms with Crippen LogP contribution in [0.25, 0.3) is 0 Å². The summed E-state index contributed by atoms with van der Waals surface area (Å²) in [5.74, 6) is 1.02. The molecule has 0 bridgehead atoms. The summed E-state index contributed by atoms with van der Waals surface area (Å²) in [5, 5.41) is 4.09. The number of rotatable bonds is 4. The van der Waals surface area contributed by atoms with Gasteiger partial charge in [-0.3, -0.25) is 0 Å². The van der Waals surface area contributed by atoms with E-state index in [1.165, 1.54) is 18.9 Å². The molecular formula is C18H27ClFN. The second-order valence-electron chi connectivity index (χ2n) is 7.03. The molecular weight excluding hydrogens is 285 g/mol. The van der Waals surface area contributed by atoms with E-state index in [-0.39, 0.29) is 11.2 Å². The van der Waals surface area contributed by atoms with Gasteiger partial charge in [0.15, 0.2) is 0 Å². The third-order valence-electron chi connectivity index (χ3n) is 5.13. The van der Waals surface area contributed by atoms with Gasteiger partial charge >= 0.3 is 0 Å². The van der Waals surface area contributed by atoms with Gasteiger partial charge in [-0.25, -0.2) is 4.39 Å². The molecule has 0 spiro atoms. The lowest BCUT2D eigenvalue weighted by Gasteiger charge is -2.45. The van der Waals surface area contributed by atoms with E-state index in [0.29, 0.717) is 17.0 Å². The highest BCUT2D eigenvalue weighted by atomic mass is 35.5. The van der Waals surface area contributed by atoms with Crippen LogP contribution in [0.4, 0.5) is 4.39 Å². The third-order valence-corrected chi connectivity index (χ3v) is 5.37. The molecule has 1 aliphatic carbocycles. The minimum Gasteiger partial charge on any atom is -0.314 e. The lowest BCUT2D eigenvalue weighted by molar-refractivity contribution is 0.144. The van der Waals surface area contributed by atoms with Gasteiger partial charge in [0.05, 0.1) is 0 Å². The SMILES string of the molecule is CCNC1CC(C)CCC1C(C)(C)c1ccc(Cl)cc1F. The highest BCUT2D eigenvalue weighted by Gasteiger charge is 2.40. The molecule has 1 fully saturated rings. The van der Waals surface area contributed by atoms with E-state index in [1.807, 2.05) is 6.07 Å². The molecule has 0 saturated heterocycles. The molecule has 21 heavy (non-hydrogen) atoms. The van der Waals surface area contributed by atoms with E-state index in [9.17, 15) is 4.39 Å². The second kappa shape index (κ2) is 6.66. The molecule has 3 unspecified atom stereocenters. The zero-order chi connectivity index (χ0) is 15.6. The van der Waals surface area contributed by atoms with Crippen LogP contribution in [0.15, 0.2) is 18.2 Å². The van der Waals surface area contributed by atoms with Gasteiger partial charge in [0.2, 0.25) is 0 Å². The van der Waals surface area contributed by atoms with E-state index in [0.717, 1.165) is 24.4 Å². The first-order chi connectivity index (χ1) is 9.86. The van der Waals surface area contributed by atoms with Gasteiger partial charge in [0, 0.05) is 11.1 Å². The molecule has 1 aromatic rings. The van der Waals surface area contributed by atoms with E-state index in [1.54, 1.807) is 6.07 Å². The normalized spacial score (nSPS) is 26.9. The topological polar surface area (TPSA) is 12.0 Å². The largest absolute Gasteiger partial charge is 0.314 e. The molecule has 1 aliphatic rings. The van der Waals surface area contributed by atoms with Gasteiger partial charge in [-0.2, -0.15) is 0 Å². The maximum Gasteiger partial charge on any atom is 0.128 e. The predicted molar refractivity (Wildman–Crippen MR) is 88.4 cm³/mol. The fourth-order valence-corrected chi connectivity index (χ4v) is 4.10. The molecule has 1 N–H and O–H groups in total. The van der Waals surface area contributed by atoms with Gasteiger partial charge in [0.1, 0.15) is 5.82 Å². The van der Waals surface area contributed by atoms with Crippen molar-refractivity contribution in [3.8, 4) is 0 Å². The Bertz CT molecular complexity index is 486. The molecule has 0 radical (unpaired) electrons. The van der Waals surface area contributed by atoms with Crippen molar-refractivity contribution in [2.75, 3.05) is 6.54 Å². The van der Waals surface area contributed by atoms with Crippen molar-refractivity contribution in [1.82, 2.24) is 5.32 Å². The Balaban J connectivity index is 2.31. The van der Waals surface area contributed by atoms with Crippen LogP contribution in [0.3, 0.4) is 0 Å². The Kier molecular flexibility index (Phi) is 5.32. The lowest BCUT2D eigenvalue weighted by Crippen LogP contribution is -2.48. The van der Waals surface area contributed by atoms with Crippen LogP contribution in [-0.4, -0.2) is 12.6 Å².